The molecule has 0 radical (unpaired) electrons. The summed E-state index contributed by atoms with van der Waals surface area (Å²) < 4.78 is 56.4. The first-order valence-corrected chi connectivity index (χ1v) is 10.6. The Kier molecular flexibility index (Phi) is 9.62. The number of carbonyl (C=O) groups is 2. The molecule has 1 unspecified atom stereocenters. The minimum Gasteiger partial charge on any atom is -0.475 e. The lowest BCUT2D eigenvalue weighted by Gasteiger charge is -2.42. The summed E-state index contributed by atoms with van der Waals surface area (Å²) in [5.74, 6) is -2.93. The number of rotatable bonds is 6. The second-order valence-corrected chi connectivity index (χ2v) is 8.32. The molecule has 1 amide bonds. The third-order valence-corrected chi connectivity index (χ3v) is 6.26. The van der Waals surface area contributed by atoms with Gasteiger partial charge >= 0.3 is 12.1 Å². The van der Waals surface area contributed by atoms with Gasteiger partial charge in [-0.25, -0.2) is 9.18 Å². The molecule has 2 aliphatic rings. The number of piperidine rings is 1. The number of ether oxygens (including phenoxy) is 2. The van der Waals surface area contributed by atoms with Gasteiger partial charge in [0.05, 0.1) is 18.8 Å². The number of halogens is 4. The van der Waals surface area contributed by atoms with Crippen molar-refractivity contribution in [2.45, 2.75) is 19.0 Å². The molecule has 3 rings (SSSR count). The van der Waals surface area contributed by atoms with Crippen molar-refractivity contribution in [3.05, 3.63) is 35.6 Å². The molecule has 7 nitrogen and oxygen atoms in total. The van der Waals surface area contributed by atoms with Crippen LogP contribution in [-0.2, 0) is 14.3 Å². The van der Waals surface area contributed by atoms with Crippen LogP contribution in [0.25, 0.3) is 0 Å². The molecule has 0 aliphatic carbocycles. The van der Waals surface area contributed by atoms with E-state index in [9.17, 15) is 22.4 Å². The van der Waals surface area contributed by atoms with Gasteiger partial charge in [-0.2, -0.15) is 13.2 Å². The van der Waals surface area contributed by atoms with Crippen molar-refractivity contribution < 1.29 is 41.7 Å². The second kappa shape index (κ2) is 11.8. The highest BCUT2D eigenvalue weighted by molar-refractivity contribution is 5.94. The first kappa shape index (κ1) is 27.0. The van der Waals surface area contributed by atoms with E-state index in [0.717, 1.165) is 45.7 Å². The zero-order chi connectivity index (χ0) is 24.6. The molecule has 186 valence electrons. The van der Waals surface area contributed by atoms with E-state index >= 15 is 0 Å². The van der Waals surface area contributed by atoms with Crippen molar-refractivity contribution in [2.75, 3.05) is 60.2 Å². The number of aliphatic carboxylic acids is 1. The topological polar surface area (TPSA) is 79.3 Å². The number of hydrogen-bond donors (Lipinski definition) is 1. The van der Waals surface area contributed by atoms with Gasteiger partial charge in [-0.3, -0.25) is 4.79 Å². The molecule has 11 heteroatoms. The SMILES string of the molecule is COCCN1CC(COC)C2(CCN(C(=O)c3ccccc3F)CC2)C1.O=C(O)C(F)(F)F. The fraction of sp³-hybridized carbons (Fsp3) is 0.636. The highest BCUT2D eigenvalue weighted by Gasteiger charge is 2.48. The molecule has 0 aromatic heterocycles. The van der Waals surface area contributed by atoms with Gasteiger partial charge in [0, 0.05) is 52.9 Å². The number of alkyl halides is 3. The van der Waals surface area contributed by atoms with Gasteiger partial charge in [-0.15, -0.1) is 0 Å². The van der Waals surface area contributed by atoms with E-state index < -0.39 is 18.0 Å². The molecule has 1 N–H and O–H groups in total. The molecule has 2 fully saturated rings. The van der Waals surface area contributed by atoms with E-state index in [2.05, 4.69) is 4.90 Å². The Morgan fingerprint density at radius 2 is 1.76 bits per heavy atom. The Bertz CT molecular complexity index is 797. The molecule has 1 atom stereocenters. The van der Waals surface area contributed by atoms with E-state index in [1.165, 1.54) is 6.07 Å². The van der Waals surface area contributed by atoms with Crippen LogP contribution >= 0.6 is 0 Å². The largest absolute Gasteiger partial charge is 0.490 e. The zero-order valence-corrected chi connectivity index (χ0v) is 18.7. The Hall–Kier alpha value is -2.24. The summed E-state index contributed by atoms with van der Waals surface area (Å²) in [6.45, 7) is 5.77. The summed E-state index contributed by atoms with van der Waals surface area (Å²) in [6.07, 6.45) is -3.21. The predicted octanol–water partition coefficient (Wildman–Crippen LogP) is 2.91. The molecule has 2 heterocycles. The van der Waals surface area contributed by atoms with Crippen LogP contribution in [0.4, 0.5) is 17.6 Å². The van der Waals surface area contributed by atoms with Crippen molar-refractivity contribution in [3.63, 3.8) is 0 Å². The summed E-state index contributed by atoms with van der Waals surface area (Å²) in [7, 11) is 3.48. The number of methoxy groups -OCH3 is 2. The smallest absolute Gasteiger partial charge is 0.475 e. The van der Waals surface area contributed by atoms with Gasteiger partial charge in [0.15, 0.2) is 0 Å². The van der Waals surface area contributed by atoms with Crippen molar-refractivity contribution in [1.29, 1.82) is 0 Å². The number of amides is 1. The van der Waals surface area contributed by atoms with Crippen molar-refractivity contribution in [1.82, 2.24) is 9.80 Å². The molecule has 2 saturated heterocycles. The van der Waals surface area contributed by atoms with Crippen LogP contribution < -0.4 is 0 Å². The third kappa shape index (κ3) is 7.12. The van der Waals surface area contributed by atoms with Gasteiger partial charge in [0.1, 0.15) is 5.82 Å². The molecule has 0 saturated carbocycles. The van der Waals surface area contributed by atoms with E-state index in [1.54, 1.807) is 37.3 Å². The van der Waals surface area contributed by atoms with Gasteiger partial charge in [-0.1, -0.05) is 12.1 Å². The summed E-state index contributed by atoms with van der Waals surface area (Å²) in [5.41, 5.74) is 0.348. The molecular weight excluding hydrogens is 448 g/mol. The Morgan fingerprint density at radius 3 is 2.27 bits per heavy atom. The van der Waals surface area contributed by atoms with E-state index in [-0.39, 0.29) is 16.9 Å². The van der Waals surface area contributed by atoms with E-state index in [0.29, 0.717) is 19.0 Å². The van der Waals surface area contributed by atoms with E-state index in [4.69, 9.17) is 19.4 Å². The molecule has 33 heavy (non-hydrogen) atoms. The maximum Gasteiger partial charge on any atom is 0.490 e. The first-order chi connectivity index (χ1) is 15.5. The number of carbonyl (C=O) groups excluding carboxylic acids is 1. The fourth-order valence-electron chi connectivity index (χ4n) is 4.49. The van der Waals surface area contributed by atoms with Crippen molar-refractivity contribution in [2.24, 2.45) is 11.3 Å². The van der Waals surface area contributed by atoms with Crippen LogP contribution in [0.3, 0.4) is 0 Å². The lowest BCUT2D eigenvalue weighted by molar-refractivity contribution is -0.192. The highest BCUT2D eigenvalue weighted by atomic mass is 19.4. The molecule has 2 aliphatic heterocycles. The minimum absolute atomic E-state index is 0.171. The third-order valence-electron chi connectivity index (χ3n) is 6.26. The monoisotopic (exact) mass is 478 g/mol. The predicted molar refractivity (Wildman–Crippen MR) is 111 cm³/mol. The minimum atomic E-state index is -5.08. The van der Waals surface area contributed by atoms with E-state index in [1.807, 2.05) is 0 Å². The number of nitrogens with zero attached hydrogens (tertiary/aromatic N) is 2. The van der Waals surface area contributed by atoms with Crippen LogP contribution in [0.1, 0.15) is 23.2 Å². The highest BCUT2D eigenvalue weighted by Crippen LogP contribution is 2.45. The van der Waals surface area contributed by atoms with Crippen molar-refractivity contribution in [3.8, 4) is 0 Å². The summed E-state index contributed by atoms with van der Waals surface area (Å²) in [5, 5.41) is 7.12. The van der Waals surface area contributed by atoms with Crippen LogP contribution in [0.5, 0.6) is 0 Å². The van der Waals surface area contributed by atoms with Gasteiger partial charge in [0.2, 0.25) is 0 Å². The summed E-state index contributed by atoms with van der Waals surface area (Å²) in [6, 6.07) is 6.23. The average Bonchev–Trinajstić information content (AvgIpc) is 3.09. The molecular formula is C22H30F4N2O5. The van der Waals surface area contributed by atoms with Crippen LogP contribution in [0, 0.1) is 17.2 Å². The molecule has 0 bridgehead atoms. The van der Waals surface area contributed by atoms with Gasteiger partial charge in [0.25, 0.3) is 5.91 Å². The Labute approximate surface area is 190 Å². The Morgan fingerprint density at radius 1 is 1.15 bits per heavy atom. The second-order valence-electron chi connectivity index (χ2n) is 8.32. The van der Waals surface area contributed by atoms with Gasteiger partial charge in [-0.05, 0) is 30.4 Å². The average molecular weight is 478 g/mol. The number of benzene rings is 1. The fourth-order valence-corrected chi connectivity index (χ4v) is 4.49. The molecule has 1 aromatic rings. The number of hydrogen-bond acceptors (Lipinski definition) is 5. The Balaban J connectivity index is 0.000000479. The zero-order valence-electron chi connectivity index (χ0n) is 18.7. The summed E-state index contributed by atoms with van der Waals surface area (Å²) in [4.78, 5) is 25.8. The standard InChI is InChI=1S/C20H29FN2O3.C2HF3O2/c1-25-12-11-22-13-16(14-26-2)20(15-22)7-9-23(10-8-20)19(24)17-5-3-4-6-18(17)21;3-2(4,5)1(6)7/h3-6,16H,7-15H2,1-2H3;(H,6,7). The maximum atomic E-state index is 13.9. The first-order valence-electron chi connectivity index (χ1n) is 10.6. The quantitative estimate of drug-likeness (QED) is 0.634. The maximum absolute atomic E-state index is 13.9. The number of carboxylic acid groups (broad SMARTS) is 1. The van der Waals surface area contributed by atoms with Crippen LogP contribution in [-0.4, -0.2) is 93.1 Å². The van der Waals surface area contributed by atoms with Crippen LogP contribution in [0.15, 0.2) is 24.3 Å². The lowest BCUT2D eigenvalue weighted by atomic mass is 9.71. The van der Waals surface area contributed by atoms with Crippen LogP contribution in [0.2, 0.25) is 0 Å². The molecule has 1 aromatic carbocycles. The molecule has 1 spiro atoms. The van der Waals surface area contributed by atoms with Gasteiger partial charge < -0.3 is 24.4 Å². The normalized spacial score (nSPS) is 20.4. The van der Waals surface area contributed by atoms with Crippen molar-refractivity contribution >= 4 is 11.9 Å². The number of likely N-dealkylation sites (tertiary alicyclic amines) is 2. The number of carboxylic acids is 1. The lowest BCUT2D eigenvalue weighted by Crippen LogP contribution is -2.47. The summed E-state index contributed by atoms with van der Waals surface area (Å²) >= 11 is 0.